The van der Waals surface area contributed by atoms with E-state index in [-0.39, 0.29) is 17.5 Å². The molecule has 1 aliphatic carbocycles. The van der Waals surface area contributed by atoms with E-state index in [1.165, 1.54) is 38.2 Å². The fourth-order valence-corrected chi connectivity index (χ4v) is 3.67. The summed E-state index contributed by atoms with van der Waals surface area (Å²) in [7, 11) is 0. The van der Waals surface area contributed by atoms with Crippen molar-refractivity contribution < 1.29 is 9.13 Å². The van der Waals surface area contributed by atoms with Crippen LogP contribution in [0.5, 0.6) is 5.75 Å². The number of benzene rings is 1. The van der Waals surface area contributed by atoms with Crippen LogP contribution >= 0.6 is 0 Å². The molecule has 3 rings (SSSR count). The molecule has 0 radical (unpaired) electrons. The SMILES string of the molecule is NC1(CC2Cc3cc(F)ccc3O2)CCCCCCC1. The van der Waals surface area contributed by atoms with E-state index >= 15 is 0 Å². The van der Waals surface area contributed by atoms with Crippen LogP contribution in [0.2, 0.25) is 0 Å². The largest absolute Gasteiger partial charge is 0.490 e. The summed E-state index contributed by atoms with van der Waals surface area (Å²) in [5.74, 6) is 0.659. The lowest BCUT2D eigenvalue weighted by atomic mass is 9.80. The number of nitrogens with two attached hydrogens (primary N) is 1. The first-order valence-corrected chi connectivity index (χ1v) is 7.89. The number of hydrogen-bond acceptors (Lipinski definition) is 2. The number of fused-ring (bicyclic) bond motifs is 1. The second-order valence-electron chi connectivity index (χ2n) is 6.53. The van der Waals surface area contributed by atoms with Gasteiger partial charge in [0, 0.05) is 23.9 Å². The Hall–Kier alpha value is -1.09. The third-order valence-corrected chi connectivity index (χ3v) is 4.75. The average molecular weight is 277 g/mol. The van der Waals surface area contributed by atoms with Gasteiger partial charge in [-0.25, -0.2) is 4.39 Å². The minimum atomic E-state index is -0.179. The second-order valence-corrected chi connectivity index (χ2v) is 6.53. The lowest BCUT2D eigenvalue weighted by Crippen LogP contribution is -2.44. The van der Waals surface area contributed by atoms with Gasteiger partial charge in [0.1, 0.15) is 17.7 Å². The minimum absolute atomic E-state index is 0.0916. The number of hydrogen-bond donors (Lipinski definition) is 1. The van der Waals surface area contributed by atoms with Crippen LogP contribution in [0.15, 0.2) is 18.2 Å². The van der Waals surface area contributed by atoms with Gasteiger partial charge in [-0.15, -0.1) is 0 Å². The highest BCUT2D eigenvalue weighted by atomic mass is 19.1. The van der Waals surface area contributed by atoms with Gasteiger partial charge in [0.15, 0.2) is 0 Å². The summed E-state index contributed by atoms with van der Waals surface area (Å²) in [4.78, 5) is 0. The van der Waals surface area contributed by atoms with Crippen LogP contribution in [0.3, 0.4) is 0 Å². The minimum Gasteiger partial charge on any atom is -0.490 e. The van der Waals surface area contributed by atoms with Crippen LogP contribution in [-0.2, 0) is 6.42 Å². The first kappa shape index (κ1) is 13.9. The van der Waals surface area contributed by atoms with E-state index in [9.17, 15) is 4.39 Å². The first-order chi connectivity index (χ1) is 9.65. The Kier molecular flexibility index (Phi) is 3.97. The van der Waals surface area contributed by atoms with Gasteiger partial charge in [0.25, 0.3) is 0 Å². The number of rotatable bonds is 2. The summed E-state index contributed by atoms with van der Waals surface area (Å²) < 4.78 is 19.2. The molecule has 1 saturated carbocycles. The van der Waals surface area contributed by atoms with Crippen LogP contribution < -0.4 is 10.5 Å². The van der Waals surface area contributed by atoms with Gasteiger partial charge < -0.3 is 10.5 Å². The predicted octanol–water partition coefficient (Wildman–Crippen LogP) is 3.96. The smallest absolute Gasteiger partial charge is 0.123 e. The second kappa shape index (κ2) is 5.72. The summed E-state index contributed by atoms with van der Waals surface area (Å²) in [6.45, 7) is 0. The van der Waals surface area contributed by atoms with E-state index in [4.69, 9.17) is 10.5 Å². The molecule has 1 aromatic rings. The molecule has 0 amide bonds. The molecule has 1 aromatic carbocycles. The molecule has 2 nitrogen and oxygen atoms in total. The molecule has 110 valence electrons. The van der Waals surface area contributed by atoms with Crippen LogP contribution in [0.25, 0.3) is 0 Å². The molecule has 2 N–H and O–H groups in total. The Morgan fingerprint density at radius 3 is 2.60 bits per heavy atom. The molecule has 1 aliphatic heterocycles. The first-order valence-electron chi connectivity index (χ1n) is 7.89. The van der Waals surface area contributed by atoms with E-state index < -0.39 is 0 Å². The molecular formula is C17H24FNO. The van der Waals surface area contributed by atoms with E-state index in [1.54, 1.807) is 12.1 Å². The molecule has 3 heteroatoms. The highest BCUT2D eigenvalue weighted by Crippen LogP contribution is 2.35. The Bertz CT molecular complexity index is 466. The maximum absolute atomic E-state index is 13.2. The summed E-state index contributed by atoms with van der Waals surface area (Å²) >= 11 is 0. The van der Waals surface area contributed by atoms with Crippen LogP contribution in [0, 0.1) is 5.82 Å². The van der Waals surface area contributed by atoms with Crippen molar-refractivity contribution in [2.75, 3.05) is 0 Å². The van der Waals surface area contributed by atoms with E-state index in [2.05, 4.69) is 0 Å². The van der Waals surface area contributed by atoms with Crippen LogP contribution in [0.1, 0.15) is 56.9 Å². The highest BCUT2D eigenvalue weighted by Gasteiger charge is 2.33. The van der Waals surface area contributed by atoms with Crippen molar-refractivity contribution in [3.8, 4) is 5.75 Å². The molecule has 1 heterocycles. The Labute approximate surface area is 120 Å². The Morgan fingerprint density at radius 1 is 1.15 bits per heavy atom. The fourth-order valence-electron chi connectivity index (χ4n) is 3.67. The molecule has 1 atom stereocenters. The maximum atomic E-state index is 13.2. The molecule has 20 heavy (non-hydrogen) atoms. The fraction of sp³-hybridized carbons (Fsp3) is 0.647. The molecule has 0 saturated heterocycles. The predicted molar refractivity (Wildman–Crippen MR) is 78.4 cm³/mol. The van der Waals surface area contributed by atoms with Crippen LogP contribution in [-0.4, -0.2) is 11.6 Å². The lowest BCUT2D eigenvalue weighted by molar-refractivity contribution is 0.161. The van der Waals surface area contributed by atoms with Gasteiger partial charge >= 0.3 is 0 Å². The summed E-state index contributed by atoms with van der Waals surface area (Å²) in [5, 5.41) is 0. The number of ether oxygens (including phenoxy) is 1. The number of halogens is 1. The molecule has 2 aliphatic rings. The quantitative estimate of drug-likeness (QED) is 0.888. The van der Waals surface area contributed by atoms with Gasteiger partial charge in [-0.05, 0) is 31.0 Å². The maximum Gasteiger partial charge on any atom is 0.123 e. The lowest BCUT2D eigenvalue weighted by Gasteiger charge is -2.33. The molecule has 0 spiro atoms. The zero-order valence-electron chi connectivity index (χ0n) is 12.0. The van der Waals surface area contributed by atoms with Crippen molar-refractivity contribution >= 4 is 0 Å². The molecule has 1 fully saturated rings. The molecule has 0 aromatic heterocycles. The highest BCUT2D eigenvalue weighted by molar-refractivity contribution is 5.38. The third kappa shape index (κ3) is 3.14. The zero-order chi connectivity index (χ0) is 14.0. The van der Waals surface area contributed by atoms with Crippen molar-refractivity contribution in [1.29, 1.82) is 0 Å². The Morgan fingerprint density at radius 2 is 1.85 bits per heavy atom. The summed E-state index contributed by atoms with van der Waals surface area (Å²) in [6, 6.07) is 4.80. The van der Waals surface area contributed by atoms with Crippen molar-refractivity contribution in [3.63, 3.8) is 0 Å². The monoisotopic (exact) mass is 277 g/mol. The van der Waals surface area contributed by atoms with Crippen molar-refractivity contribution in [1.82, 2.24) is 0 Å². The van der Waals surface area contributed by atoms with Gasteiger partial charge in [-0.2, -0.15) is 0 Å². The van der Waals surface area contributed by atoms with Crippen molar-refractivity contribution in [2.45, 2.75) is 69.4 Å². The summed E-state index contributed by atoms with van der Waals surface area (Å²) in [6.07, 6.45) is 10.4. The van der Waals surface area contributed by atoms with Crippen LogP contribution in [0.4, 0.5) is 4.39 Å². The normalized spacial score (nSPS) is 25.4. The Balaban J connectivity index is 1.64. The molecular weight excluding hydrogens is 253 g/mol. The average Bonchev–Trinajstić information content (AvgIpc) is 2.75. The van der Waals surface area contributed by atoms with E-state index in [0.717, 1.165) is 37.0 Å². The van der Waals surface area contributed by atoms with Crippen molar-refractivity contribution in [2.24, 2.45) is 5.73 Å². The van der Waals surface area contributed by atoms with Gasteiger partial charge in [0.05, 0.1) is 0 Å². The van der Waals surface area contributed by atoms with Gasteiger partial charge in [-0.1, -0.05) is 32.1 Å². The summed E-state index contributed by atoms with van der Waals surface area (Å²) in [5.41, 5.74) is 7.52. The van der Waals surface area contributed by atoms with Gasteiger partial charge in [-0.3, -0.25) is 0 Å². The van der Waals surface area contributed by atoms with Crippen molar-refractivity contribution in [3.05, 3.63) is 29.6 Å². The zero-order valence-corrected chi connectivity index (χ0v) is 12.0. The third-order valence-electron chi connectivity index (χ3n) is 4.75. The molecule has 1 unspecified atom stereocenters. The topological polar surface area (TPSA) is 35.2 Å². The molecule has 0 bridgehead atoms. The van der Waals surface area contributed by atoms with Gasteiger partial charge in [0.2, 0.25) is 0 Å². The van der Waals surface area contributed by atoms with E-state index in [1.807, 2.05) is 0 Å². The standard InChI is InChI=1S/C17H24FNO/c18-14-6-7-16-13(10-14)11-15(20-16)12-17(19)8-4-2-1-3-5-9-17/h6-7,10,15H,1-5,8-9,11-12,19H2. The van der Waals surface area contributed by atoms with E-state index in [0.29, 0.717) is 0 Å².